The van der Waals surface area contributed by atoms with Crippen LogP contribution in [0.1, 0.15) is 28.9 Å². The summed E-state index contributed by atoms with van der Waals surface area (Å²) >= 11 is 6.13. The van der Waals surface area contributed by atoms with E-state index in [1.54, 1.807) is 37.3 Å². The zero-order valence-corrected chi connectivity index (χ0v) is 16.2. The fourth-order valence-corrected chi connectivity index (χ4v) is 3.24. The van der Waals surface area contributed by atoms with Gasteiger partial charge in [-0.25, -0.2) is 9.18 Å². The minimum absolute atomic E-state index is 0.137. The molecule has 2 aromatic rings. The molecule has 0 aromatic heterocycles. The van der Waals surface area contributed by atoms with Crippen molar-refractivity contribution >= 4 is 23.5 Å². The summed E-state index contributed by atoms with van der Waals surface area (Å²) < 4.78 is 24.5. The Kier molecular flexibility index (Phi) is 5.69. The molecule has 1 atom stereocenters. The number of ether oxygens (including phenoxy) is 2. The van der Waals surface area contributed by atoms with E-state index in [0.717, 1.165) is 0 Å². The molecule has 1 unspecified atom stereocenters. The highest BCUT2D eigenvalue weighted by Gasteiger charge is 2.42. The summed E-state index contributed by atoms with van der Waals surface area (Å²) in [5.74, 6) is -1.53. The van der Waals surface area contributed by atoms with Gasteiger partial charge < -0.3 is 20.5 Å². The van der Waals surface area contributed by atoms with Crippen molar-refractivity contribution in [2.75, 3.05) is 20.3 Å². The van der Waals surface area contributed by atoms with Crippen LogP contribution in [0, 0.1) is 5.82 Å². The van der Waals surface area contributed by atoms with Gasteiger partial charge in [-0.3, -0.25) is 4.79 Å². The molecule has 1 aliphatic rings. The number of hydrogen-bond acceptors (Lipinski definition) is 5. The molecule has 3 N–H and O–H groups in total. The Hall–Kier alpha value is -2.48. The van der Waals surface area contributed by atoms with Gasteiger partial charge in [0.1, 0.15) is 11.4 Å². The van der Waals surface area contributed by atoms with Gasteiger partial charge >= 0.3 is 5.97 Å². The Bertz CT molecular complexity index is 930. The topological polar surface area (TPSA) is 90.7 Å². The molecular formula is C20H20ClFN2O4. The smallest absolute Gasteiger partial charge is 0.340 e. The zero-order valence-electron chi connectivity index (χ0n) is 15.4. The molecule has 3 rings (SSSR count). The van der Waals surface area contributed by atoms with Crippen molar-refractivity contribution in [2.45, 2.75) is 18.5 Å². The second-order valence-electron chi connectivity index (χ2n) is 6.73. The summed E-state index contributed by atoms with van der Waals surface area (Å²) in [4.78, 5) is 24.3. The lowest BCUT2D eigenvalue weighted by atomic mass is 9.95. The number of esters is 1. The molecule has 8 heteroatoms. The number of amides is 1. The quantitative estimate of drug-likeness (QED) is 0.745. The number of carbonyl (C=O) groups excluding carboxylic acids is 2. The Morgan fingerprint density at radius 2 is 2.04 bits per heavy atom. The molecule has 6 nitrogen and oxygen atoms in total. The van der Waals surface area contributed by atoms with Gasteiger partial charge in [-0.1, -0.05) is 35.9 Å². The minimum Gasteiger partial charge on any atom is -0.465 e. The van der Waals surface area contributed by atoms with Gasteiger partial charge in [-0.05, 0) is 30.2 Å². The number of carbonyl (C=O) groups is 2. The summed E-state index contributed by atoms with van der Waals surface area (Å²) in [6.07, 6.45) is 0. The lowest BCUT2D eigenvalue weighted by molar-refractivity contribution is -0.144. The summed E-state index contributed by atoms with van der Waals surface area (Å²) in [7, 11) is 1.25. The van der Waals surface area contributed by atoms with E-state index < -0.39 is 29.3 Å². The van der Waals surface area contributed by atoms with Crippen LogP contribution in [0.2, 0.25) is 5.02 Å². The van der Waals surface area contributed by atoms with Crippen molar-refractivity contribution in [3.05, 3.63) is 58.4 Å². The summed E-state index contributed by atoms with van der Waals surface area (Å²) in [5.41, 5.74) is 6.20. The largest absolute Gasteiger partial charge is 0.465 e. The molecule has 1 saturated heterocycles. The molecule has 2 aromatic carbocycles. The van der Waals surface area contributed by atoms with Gasteiger partial charge in [0.05, 0.1) is 37.0 Å². The first-order valence-electron chi connectivity index (χ1n) is 8.61. The molecule has 0 bridgehead atoms. The van der Waals surface area contributed by atoms with Crippen LogP contribution in [0.25, 0.3) is 11.1 Å². The molecule has 1 heterocycles. The van der Waals surface area contributed by atoms with Gasteiger partial charge in [0.2, 0.25) is 5.91 Å². The number of nitrogens with one attached hydrogen (secondary N) is 1. The number of halogens is 2. The van der Waals surface area contributed by atoms with E-state index in [4.69, 9.17) is 26.8 Å². The van der Waals surface area contributed by atoms with Crippen LogP contribution in [0.4, 0.5) is 4.39 Å². The normalized spacial score (nSPS) is 16.0. The Labute approximate surface area is 166 Å². The molecule has 0 saturated carbocycles. The number of nitrogens with two attached hydrogens (primary N) is 1. The number of benzene rings is 2. The third-order valence-corrected chi connectivity index (χ3v) is 5.02. The van der Waals surface area contributed by atoms with Crippen LogP contribution in [0.5, 0.6) is 0 Å². The van der Waals surface area contributed by atoms with Crippen LogP contribution < -0.4 is 11.1 Å². The second kappa shape index (κ2) is 7.87. The third kappa shape index (κ3) is 3.73. The predicted octanol–water partition coefficient (Wildman–Crippen LogP) is 2.84. The van der Waals surface area contributed by atoms with Crippen molar-refractivity contribution in [3.63, 3.8) is 0 Å². The fourth-order valence-electron chi connectivity index (χ4n) is 2.99. The fraction of sp³-hybridized carbons (Fsp3) is 0.300. The summed E-state index contributed by atoms with van der Waals surface area (Å²) in [6.45, 7) is 1.94. The molecule has 0 radical (unpaired) electrons. The first-order chi connectivity index (χ1) is 13.3. The number of hydrogen-bond donors (Lipinski definition) is 2. The maximum Gasteiger partial charge on any atom is 0.340 e. The standard InChI is InChI=1S/C20H20ClFN2O4/c1-11(24-19(26)20(23)9-28-10-20)13-7-6-12(8-16(13)22)14-4-3-5-15(21)17(14)18(25)27-2/h3-8,11H,9-10,23H2,1-2H3,(H,24,26). The van der Waals surface area contributed by atoms with Crippen LogP contribution in [0.3, 0.4) is 0 Å². The van der Waals surface area contributed by atoms with Crippen LogP contribution in [-0.4, -0.2) is 37.7 Å². The minimum atomic E-state index is -1.07. The zero-order chi connectivity index (χ0) is 20.5. The Balaban J connectivity index is 1.88. The molecule has 0 aliphatic carbocycles. The highest BCUT2D eigenvalue weighted by Crippen LogP contribution is 2.32. The number of methoxy groups -OCH3 is 1. The van der Waals surface area contributed by atoms with Crippen molar-refractivity contribution in [1.82, 2.24) is 5.32 Å². The third-order valence-electron chi connectivity index (χ3n) is 4.70. The Morgan fingerprint density at radius 1 is 1.32 bits per heavy atom. The van der Waals surface area contributed by atoms with Gasteiger partial charge in [0.25, 0.3) is 0 Å². The maximum absolute atomic E-state index is 14.8. The molecule has 28 heavy (non-hydrogen) atoms. The van der Waals surface area contributed by atoms with E-state index in [9.17, 15) is 14.0 Å². The average molecular weight is 407 g/mol. The summed E-state index contributed by atoms with van der Waals surface area (Å²) in [5, 5.41) is 2.92. The lowest BCUT2D eigenvalue weighted by Crippen LogP contribution is -2.66. The van der Waals surface area contributed by atoms with Gasteiger partial charge in [-0.2, -0.15) is 0 Å². The first kappa shape index (κ1) is 20.3. The molecule has 1 aliphatic heterocycles. The van der Waals surface area contributed by atoms with E-state index in [-0.39, 0.29) is 23.8 Å². The molecule has 1 fully saturated rings. The van der Waals surface area contributed by atoms with Crippen molar-refractivity contribution in [1.29, 1.82) is 0 Å². The van der Waals surface area contributed by atoms with Gasteiger partial charge in [0.15, 0.2) is 0 Å². The van der Waals surface area contributed by atoms with Crippen LogP contribution in [-0.2, 0) is 14.3 Å². The Morgan fingerprint density at radius 3 is 2.61 bits per heavy atom. The molecule has 1 amide bonds. The van der Waals surface area contributed by atoms with Crippen molar-refractivity contribution in [2.24, 2.45) is 5.73 Å². The van der Waals surface area contributed by atoms with Crippen molar-refractivity contribution < 1.29 is 23.5 Å². The molecular weight excluding hydrogens is 387 g/mol. The van der Waals surface area contributed by atoms with E-state index >= 15 is 0 Å². The number of rotatable bonds is 5. The molecule has 0 spiro atoms. The van der Waals surface area contributed by atoms with Gasteiger partial charge in [0, 0.05) is 5.56 Å². The average Bonchev–Trinajstić information content (AvgIpc) is 2.64. The van der Waals surface area contributed by atoms with E-state index in [0.29, 0.717) is 16.7 Å². The highest BCUT2D eigenvalue weighted by molar-refractivity contribution is 6.34. The van der Waals surface area contributed by atoms with Crippen molar-refractivity contribution in [3.8, 4) is 11.1 Å². The first-order valence-corrected chi connectivity index (χ1v) is 8.99. The van der Waals surface area contributed by atoms with Crippen LogP contribution >= 0.6 is 11.6 Å². The molecule has 148 valence electrons. The predicted molar refractivity (Wildman–Crippen MR) is 102 cm³/mol. The van der Waals surface area contributed by atoms with E-state index in [1.165, 1.54) is 13.2 Å². The van der Waals surface area contributed by atoms with E-state index in [1.807, 2.05) is 0 Å². The second-order valence-corrected chi connectivity index (χ2v) is 7.14. The summed E-state index contributed by atoms with van der Waals surface area (Å²) in [6, 6.07) is 8.80. The van der Waals surface area contributed by atoms with Crippen LogP contribution in [0.15, 0.2) is 36.4 Å². The van der Waals surface area contributed by atoms with E-state index in [2.05, 4.69) is 5.32 Å². The monoisotopic (exact) mass is 406 g/mol. The SMILES string of the molecule is COC(=O)c1c(Cl)cccc1-c1ccc(C(C)NC(=O)C2(N)COC2)c(F)c1. The maximum atomic E-state index is 14.8. The van der Waals surface area contributed by atoms with Gasteiger partial charge in [-0.15, -0.1) is 0 Å². The highest BCUT2D eigenvalue weighted by atomic mass is 35.5. The lowest BCUT2D eigenvalue weighted by Gasteiger charge is -2.36.